The molecule has 3 aromatic carbocycles. The van der Waals surface area contributed by atoms with Gasteiger partial charge in [0, 0.05) is 30.6 Å². The van der Waals surface area contributed by atoms with Crippen LogP contribution in [0.1, 0.15) is 43.5 Å². The molecule has 0 bridgehead atoms. The summed E-state index contributed by atoms with van der Waals surface area (Å²) in [6, 6.07) is 17.0. The number of halogens is 2. The molecule has 11 heteroatoms. The second-order valence-electron chi connectivity index (χ2n) is 10.0. The van der Waals surface area contributed by atoms with Gasteiger partial charge in [-0.15, -0.1) is 0 Å². The van der Waals surface area contributed by atoms with Crippen LogP contribution in [0.4, 0.5) is 5.69 Å². The molecular weight excluding hydrogens is 573 g/mol. The summed E-state index contributed by atoms with van der Waals surface area (Å²) in [5.41, 5.74) is 0.205. The lowest BCUT2D eigenvalue weighted by Gasteiger charge is -2.33. The number of carbonyl (C=O) groups is 2. The van der Waals surface area contributed by atoms with E-state index in [-0.39, 0.29) is 34.0 Å². The summed E-state index contributed by atoms with van der Waals surface area (Å²) in [6.07, 6.45) is 1.72. The van der Waals surface area contributed by atoms with E-state index in [9.17, 15) is 18.0 Å². The molecule has 2 amide bonds. The van der Waals surface area contributed by atoms with Crippen molar-refractivity contribution in [3.63, 3.8) is 0 Å². The quantitative estimate of drug-likeness (QED) is 0.296. The number of piperidine rings is 1. The third-order valence-electron chi connectivity index (χ3n) is 6.43. The van der Waals surface area contributed by atoms with E-state index in [0.29, 0.717) is 53.9 Å². The number of anilines is 1. The van der Waals surface area contributed by atoms with Crippen LogP contribution in [-0.2, 0) is 14.8 Å². The zero-order chi connectivity index (χ0) is 28.9. The number of amides is 2. The van der Waals surface area contributed by atoms with Crippen molar-refractivity contribution in [1.82, 2.24) is 10.2 Å². The second-order valence-corrected chi connectivity index (χ2v) is 12.6. The van der Waals surface area contributed by atoms with Gasteiger partial charge in [-0.3, -0.25) is 14.3 Å². The summed E-state index contributed by atoms with van der Waals surface area (Å²) in [7, 11) is -4.04. The SMILES string of the molecule is CC(C)CC(=O)N1CCC(NC(=O)c2cc(Cl)ccc2NS(=O)(=O)c2ccc(Oc3ccccc3Cl)cc2)CC1. The molecule has 1 aliphatic heterocycles. The highest BCUT2D eigenvalue weighted by molar-refractivity contribution is 7.92. The average Bonchev–Trinajstić information content (AvgIpc) is 2.91. The third kappa shape index (κ3) is 7.68. The Hall–Kier alpha value is -3.27. The van der Waals surface area contributed by atoms with E-state index >= 15 is 0 Å². The van der Waals surface area contributed by atoms with Crippen LogP contribution in [0.2, 0.25) is 10.0 Å². The van der Waals surface area contributed by atoms with Gasteiger partial charge in [-0.2, -0.15) is 0 Å². The molecule has 0 saturated carbocycles. The number of para-hydroxylation sites is 1. The second kappa shape index (κ2) is 12.9. The minimum Gasteiger partial charge on any atom is -0.456 e. The Balaban J connectivity index is 1.43. The van der Waals surface area contributed by atoms with Crippen LogP contribution in [0.3, 0.4) is 0 Å². The van der Waals surface area contributed by atoms with Gasteiger partial charge in [0.15, 0.2) is 0 Å². The number of hydrogen-bond donors (Lipinski definition) is 2. The van der Waals surface area contributed by atoms with E-state index in [4.69, 9.17) is 27.9 Å². The summed E-state index contributed by atoms with van der Waals surface area (Å²) in [5.74, 6) is 0.818. The molecule has 0 aromatic heterocycles. The van der Waals surface area contributed by atoms with Crippen LogP contribution >= 0.6 is 23.2 Å². The van der Waals surface area contributed by atoms with Crippen molar-refractivity contribution < 1.29 is 22.7 Å². The number of nitrogens with zero attached hydrogens (tertiary/aromatic N) is 1. The van der Waals surface area contributed by atoms with Crippen molar-refractivity contribution in [2.24, 2.45) is 5.92 Å². The minimum absolute atomic E-state index is 0.0150. The molecule has 1 aliphatic rings. The molecule has 1 fully saturated rings. The van der Waals surface area contributed by atoms with E-state index < -0.39 is 15.9 Å². The molecule has 0 atom stereocenters. The smallest absolute Gasteiger partial charge is 0.261 e. The maximum Gasteiger partial charge on any atom is 0.261 e. The lowest BCUT2D eigenvalue weighted by Crippen LogP contribution is -2.46. The maximum atomic E-state index is 13.2. The topological polar surface area (TPSA) is 105 Å². The first kappa shape index (κ1) is 29.7. The fraction of sp³-hybridized carbons (Fsp3) is 0.310. The molecule has 2 N–H and O–H groups in total. The molecule has 212 valence electrons. The van der Waals surface area contributed by atoms with Crippen LogP contribution < -0.4 is 14.8 Å². The van der Waals surface area contributed by atoms with Crippen molar-refractivity contribution >= 4 is 50.7 Å². The highest BCUT2D eigenvalue weighted by atomic mass is 35.5. The minimum atomic E-state index is -4.04. The zero-order valence-electron chi connectivity index (χ0n) is 22.2. The number of sulfonamides is 1. The Bertz CT molecular complexity index is 1470. The van der Waals surface area contributed by atoms with E-state index in [1.54, 1.807) is 24.3 Å². The van der Waals surface area contributed by atoms with Gasteiger partial charge in [0.1, 0.15) is 11.5 Å². The summed E-state index contributed by atoms with van der Waals surface area (Å²) in [6.45, 7) is 5.13. The van der Waals surface area contributed by atoms with Gasteiger partial charge in [0.25, 0.3) is 15.9 Å². The van der Waals surface area contributed by atoms with Gasteiger partial charge in [0.05, 0.1) is 21.2 Å². The van der Waals surface area contributed by atoms with Crippen LogP contribution in [0.15, 0.2) is 71.6 Å². The third-order valence-corrected chi connectivity index (χ3v) is 8.36. The Morgan fingerprint density at radius 2 is 1.68 bits per heavy atom. The van der Waals surface area contributed by atoms with Crippen LogP contribution in [0.25, 0.3) is 0 Å². The van der Waals surface area contributed by atoms with E-state index in [0.717, 1.165) is 0 Å². The fourth-order valence-electron chi connectivity index (χ4n) is 4.35. The van der Waals surface area contributed by atoms with Crippen molar-refractivity contribution in [2.75, 3.05) is 17.8 Å². The first-order valence-corrected chi connectivity index (χ1v) is 15.2. The van der Waals surface area contributed by atoms with Crippen molar-refractivity contribution in [2.45, 2.75) is 44.0 Å². The van der Waals surface area contributed by atoms with Gasteiger partial charge in [-0.25, -0.2) is 8.42 Å². The Kier molecular flexibility index (Phi) is 9.60. The van der Waals surface area contributed by atoms with E-state index in [1.807, 2.05) is 18.7 Å². The predicted molar refractivity (Wildman–Crippen MR) is 157 cm³/mol. The molecule has 40 heavy (non-hydrogen) atoms. The molecule has 0 spiro atoms. The number of ether oxygens (including phenoxy) is 1. The van der Waals surface area contributed by atoms with Gasteiger partial charge < -0.3 is 15.0 Å². The van der Waals surface area contributed by atoms with E-state index in [1.165, 1.54) is 42.5 Å². The monoisotopic (exact) mass is 603 g/mol. The van der Waals surface area contributed by atoms with Gasteiger partial charge in [0.2, 0.25) is 5.91 Å². The molecule has 0 unspecified atom stereocenters. The standard InChI is InChI=1S/C29H31Cl2N3O5S/c1-19(2)17-28(35)34-15-13-21(14-16-34)32-29(36)24-18-20(30)7-12-26(24)33-40(37,38)23-10-8-22(9-11-23)39-27-6-4-3-5-25(27)31/h3-12,18-19,21,33H,13-17H2,1-2H3,(H,32,36). The summed E-state index contributed by atoms with van der Waals surface area (Å²) >= 11 is 12.3. The number of benzene rings is 3. The van der Waals surface area contributed by atoms with Crippen molar-refractivity contribution in [1.29, 1.82) is 0 Å². The van der Waals surface area contributed by atoms with Gasteiger partial charge >= 0.3 is 0 Å². The number of hydrogen-bond acceptors (Lipinski definition) is 5. The number of rotatable bonds is 9. The number of carbonyl (C=O) groups excluding carboxylic acids is 2. The molecule has 4 rings (SSSR count). The normalized spacial score (nSPS) is 14.2. The first-order valence-electron chi connectivity index (χ1n) is 13.0. The molecule has 3 aromatic rings. The lowest BCUT2D eigenvalue weighted by atomic mass is 10.0. The van der Waals surface area contributed by atoms with Crippen LogP contribution in [0.5, 0.6) is 11.5 Å². The predicted octanol–water partition coefficient (Wildman–Crippen LogP) is 6.35. The molecule has 0 aliphatic carbocycles. The highest BCUT2D eigenvalue weighted by Gasteiger charge is 2.26. The molecule has 1 saturated heterocycles. The van der Waals surface area contributed by atoms with Gasteiger partial charge in [-0.05, 0) is 73.4 Å². The molecule has 0 radical (unpaired) electrons. The van der Waals surface area contributed by atoms with E-state index in [2.05, 4.69) is 10.0 Å². The first-order chi connectivity index (χ1) is 19.0. The fourth-order valence-corrected chi connectivity index (χ4v) is 5.78. The maximum absolute atomic E-state index is 13.2. The Morgan fingerprint density at radius 3 is 2.33 bits per heavy atom. The van der Waals surface area contributed by atoms with Crippen LogP contribution in [0, 0.1) is 5.92 Å². The summed E-state index contributed by atoms with van der Waals surface area (Å²) in [4.78, 5) is 27.4. The lowest BCUT2D eigenvalue weighted by molar-refractivity contribution is -0.133. The molecule has 8 nitrogen and oxygen atoms in total. The Labute approximate surface area is 244 Å². The number of nitrogens with one attached hydrogen (secondary N) is 2. The van der Waals surface area contributed by atoms with Crippen molar-refractivity contribution in [3.05, 3.63) is 82.3 Å². The summed E-state index contributed by atoms with van der Waals surface area (Å²) in [5, 5.41) is 3.69. The van der Waals surface area contributed by atoms with Gasteiger partial charge in [-0.1, -0.05) is 49.2 Å². The Morgan fingerprint density at radius 1 is 1.00 bits per heavy atom. The largest absolute Gasteiger partial charge is 0.456 e. The number of likely N-dealkylation sites (tertiary alicyclic amines) is 1. The molecular formula is C29H31Cl2N3O5S. The van der Waals surface area contributed by atoms with Crippen LogP contribution in [-0.4, -0.2) is 44.3 Å². The zero-order valence-corrected chi connectivity index (χ0v) is 24.5. The summed E-state index contributed by atoms with van der Waals surface area (Å²) < 4.78 is 34.6. The average molecular weight is 605 g/mol. The molecule has 1 heterocycles. The highest BCUT2D eigenvalue weighted by Crippen LogP contribution is 2.30. The van der Waals surface area contributed by atoms with Crippen molar-refractivity contribution in [3.8, 4) is 11.5 Å².